The summed E-state index contributed by atoms with van der Waals surface area (Å²) in [6, 6.07) is 0. The van der Waals surface area contributed by atoms with Crippen LogP contribution in [0.5, 0.6) is 0 Å². The molecule has 0 aliphatic carbocycles. The second kappa shape index (κ2) is 3.11. The van der Waals surface area contributed by atoms with E-state index < -0.39 is 0 Å². The van der Waals surface area contributed by atoms with Gasteiger partial charge in [0.15, 0.2) is 5.78 Å². The summed E-state index contributed by atoms with van der Waals surface area (Å²) in [6.07, 6.45) is 7.14. The summed E-state index contributed by atoms with van der Waals surface area (Å²) in [5.41, 5.74) is 0.769. The van der Waals surface area contributed by atoms with Gasteiger partial charge in [-0.15, -0.1) is 0 Å². The Hall–Kier alpha value is -1.18. The minimum atomic E-state index is 0.101. The van der Waals surface area contributed by atoms with Crippen LogP contribution >= 0.6 is 0 Å². The highest BCUT2D eigenvalue weighted by Gasteiger charge is 2.00. The Kier molecular flexibility index (Phi) is 2.15. The molecule has 0 aromatic heterocycles. The van der Waals surface area contributed by atoms with E-state index in [9.17, 15) is 4.79 Å². The van der Waals surface area contributed by atoms with Gasteiger partial charge in [0.05, 0.1) is 6.54 Å². The van der Waals surface area contributed by atoms with Gasteiger partial charge >= 0.3 is 0 Å². The first-order valence-corrected chi connectivity index (χ1v) is 3.17. The van der Waals surface area contributed by atoms with E-state index in [-0.39, 0.29) is 5.78 Å². The Balaban J connectivity index is 2.78. The fourth-order valence-electron chi connectivity index (χ4n) is 0.715. The molecule has 1 rings (SSSR count). The zero-order chi connectivity index (χ0) is 7.40. The van der Waals surface area contributed by atoms with E-state index in [1.807, 2.05) is 12.2 Å². The highest BCUT2D eigenvalue weighted by atomic mass is 16.1. The van der Waals surface area contributed by atoms with Crippen molar-refractivity contribution in [3.05, 3.63) is 23.8 Å². The molecule has 1 heterocycles. The highest BCUT2D eigenvalue weighted by molar-refractivity contribution is 5.94. The Labute approximate surface area is 60.0 Å². The maximum absolute atomic E-state index is 10.8. The van der Waals surface area contributed by atoms with Gasteiger partial charge in [0.25, 0.3) is 0 Å². The molecule has 1 aliphatic rings. The molecule has 0 saturated heterocycles. The molecule has 0 spiro atoms. The average Bonchev–Trinajstić information content (AvgIpc) is 2.12. The van der Waals surface area contributed by atoms with Crippen LogP contribution in [0.15, 0.2) is 28.8 Å². The van der Waals surface area contributed by atoms with Crippen LogP contribution in [0.4, 0.5) is 0 Å². The van der Waals surface area contributed by atoms with Crippen LogP contribution in [0.3, 0.4) is 0 Å². The smallest absolute Gasteiger partial charge is 0.157 e. The molecule has 2 nitrogen and oxygen atoms in total. The van der Waals surface area contributed by atoms with E-state index >= 15 is 0 Å². The topological polar surface area (TPSA) is 29.4 Å². The molecular formula is C8H9NO. The van der Waals surface area contributed by atoms with Crippen LogP contribution in [0.1, 0.15) is 6.92 Å². The fourth-order valence-corrected chi connectivity index (χ4v) is 0.715. The summed E-state index contributed by atoms with van der Waals surface area (Å²) in [5, 5.41) is 0. The molecule has 0 N–H and O–H groups in total. The quantitative estimate of drug-likeness (QED) is 0.530. The van der Waals surface area contributed by atoms with Gasteiger partial charge < -0.3 is 0 Å². The minimum Gasteiger partial charge on any atom is -0.295 e. The van der Waals surface area contributed by atoms with Crippen molar-refractivity contribution in [3.8, 4) is 0 Å². The Morgan fingerprint density at radius 1 is 1.60 bits per heavy atom. The number of carbonyl (C=O) groups is 1. The van der Waals surface area contributed by atoms with Crippen molar-refractivity contribution in [3.63, 3.8) is 0 Å². The van der Waals surface area contributed by atoms with Crippen LogP contribution in [0.25, 0.3) is 0 Å². The first kappa shape index (κ1) is 6.93. The van der Waals surface area contributed by atoms with Gasteiger partial charge in [0, 0.05) is 11.8 Å². The summed E-state index contributed by atoms with van der Waals surface area (Å²) in [6.45, 7) is 2.07. The van der Waals surface area contributed by atoms with Crippen LogP contribution < -0.4 is 0 Å². The summed E-state index contributed by atoms with van der Waals surface area (Å²) in [5.74, 6) is 0.101. The maximum atomic E-state index is 10.8. The zero-order valence-electron chi connectivity index (χ0n) is 5.87. The molecule has 1 aliphatic heterocycles. The van der Waals surface area contributed by atoms with Crippen molar-refractivity contribution in [2.24, 2.45) is 4.99 Å². The molecule has 0 bridgehead atoms. The molecule has 0 saturated carbocycles. The Morgan fingerprint density at radius 2 is 2.40 bits per heavy atom. The SMILES string of the molecule is CC(=O)C1=CC=CC=NC1. The normalized spacial score (nSPS) is 16.3. The monoisotopic (exact) mass is 135 g/mol. The number of hydrogen-bond donors (Lipinski definition) is 0. The molecule has 0 amide bonds. The van der Waals surface area contributed by atoms with Crippen molar-refractivity contribution in [2.75, 3.05) is 6.54 Å². The molecule has 0 atom stereocenters. The third-order valence-electron chi connectivity index (χ3n) is 1.31. The van der Waals surface area contributed by atoms with E-state index in [4.69, 9.17) is 0 Å². The summed E-state index contributed by atoms with van der Waals surface area (Å²) >= 11 is 0. The minimum absolute atomic E-state index is 0.101. The molecule has 0 fully saturated rings. The van der Waals surface area contributed by atoms with Crippen molar-refractivity contribution in [2.45, 2.75) is 6.92 Å². The molecular weight excluding hydrogens is 126 g/mol. The largest absolute Gasteiger partial charge is 0.295 e. The highest BCUT2D eigenvalue weighted by Crippen LogP contribution is 1.99. The van der Waals surface area contributed by atoms with Gasteiger partial charge in [-0.3, -0.25) is 9.79 Å². The van der Waals surface area contributed by atoms with Crippen LogP contribution in [-0.4, -0.2) is 18.5 Å². The van der Waals surface area contributed by atoms with E-state index in [1.54, 1.807) is 19.2 Å². The lowest BCUT2D eigenvalue weighted by Crippen LogP contribution is -1.98. The molecule has 0 aromatic rings. The zero-order valence-corrected chi connectivity index (χ0v) is 5.87. The van der Waals surface area contributed by atoms with Gasteiger partial charge in [-0.25, -0.2) is 0 Å². The van der Waals surface area contributed by atoms with Gasteiger partial charge in [0.1, 0.15) is 0 Å². The van der Waals surface area contributed by atoms with Gasteiger partial charge in [-0.2, -0.15) is 0 Å². The second-order valence-corrected chi connectivity index (χ2v) is 2.12. The molecule has 0 aromatic carbocycles. The maximum Gasteiger partial charge on any atom is 0.157 e. The van der Waals surface area contributed by atoms with E-state index in [2.05, 4.69) is 4.99 Å². The molecule has 10 heavy (non-hydrogen) atoms. The third-order valence-corrected chi connectivity index (χ3v) is 1.31. The lowest BCUT2D eigenvalue weighted by molar-refractivity contribution is -0.113. The fraction of sp³-hybridized carbons (Fsp3) is 0.250. The number of nitrogens with zero attached hydrogens (tertiary/aromatic N) is 1. The van der Waals surface area contributed by atoms with E-state index in [0.29, 0.717) is 6.54 Å². The molecule has 52 valence electrons. The number of Topliss-reactive ketones (excluding diaryl/α,β-unsaturated/α-hetero) is 1. The Morgan fingerprint density at radius 3 is 3.10 bits per heavy atom. The first-order chi connectivity index (χ1) is 4.80. The molecule has 2 heteroatoms. The summed E-state index contributed by atoms with van der Waals surface area (Å²) in [4.78, 5) is 14.7. The van der Waals surface area contributed by atoms with Crippen molar-refractivity contribution in [1.82, 2.24) is 0 Å². The van der Waals surface area contributed by atoms with Crippen molar-refractivity contribution < 1.29 is 4.79 Å². The van der Waals surface area contributed by atoms with Crippen LogP contribution in [0, 0.1) is 0 Å². The predicted octanol–water partition coefficient (Wildman–Crippen LogP) is 1.14. The molecule has 0 unspecified atom stereocenters. The van der Waals surface area contributed by atoms with Crippen molar-refractivity contribution in [1.29, 1.82) is 0 Å². The number of rotatable bonds is 1. The summed E-state index contributed by atoms with van der Waals surface area (Å²) < 4.78 is 0. The first-order valence-electron chi connectivity index (χ1n) is 3.17. The number of carbonyl (C=O) groups excluding carboxylic acids is 1. The number of hydrogen-bond acceptors (Lipinski definition) is 2. The van der Waals surface area contributed by atoms with Gasteiger partial charge in [-0.1, -0.05) is 12.2 Å². The average molecular weight is 135 g/mol. The predicted molar refractivity (Wildman–Crippen MR) is 41.3 cm³/mol. The third kappa shape index (κ3) is 1.65. The van der Waals surface area contributed by atoms with E-state index in [1.165, 1.54) is 0 Å². The second-order valence-electron chi connectivity index (χ2n) is 2.12. The molecule has 0 radical (unpaired) electrons. The van der Waals surface area contributed by atoms with Gasteiger partial charge in [-0.05, 0) is 13.0 Å². The van der Waals surface area contributed by atoms with Gasteiger partial charge in [0.2, 0.25) is 0 Å². The number of aliphatic imine (C=N–C) groups is 1. The van der Waals surface area contributed by atoms with Crippen LogP contribution in [0.2, 0.25) is 0 Å². The lowest BCUT2D eigenvalue weighted by Gasteiger charge is -1.93. The number of ketones is 1. The van der Waals surface area contributed by atoms with Crippen molar-refractivity contribution >= 4 is 12.0 Å². The van der Waals surface area contributed by atoms with E-state index in [0.717, 1.165) is 5.57 Å². The number of allylic oxidation sites excluding steroid dienone is 3. The Bertz CT molecular complexity index is 223. The van der Waals surface area contributed by atoms with Crippen LogP contribution in [-0.2, 0) is 4.79 Å². The standard InChI is InChI=1S/C8H9NO/c1-7(10)8-4-2-3-5-9-6-8/h2-5H,6H2,1H3. The summed E-state index contributed by atoms with van der Waals surface area (Å²) in [7, 11) is 0. The lowest BCUT2D eigenvalue weighted by atomic mass is 10.2.